The van der Waals surface area contributed by atoms with E-state index >= 15 is 0 Å². The minimum absolute atomic E-state index is 0.321. The molecule has 3 N–H and O–H groups in total. The second-order valence-corrected chi connectivity index (χ2v) is 5.15. The number of piperidine rings is 1. The van der Waals surface area contributed by atoms with E-state index in [1.165, 1.54) is 5.39 Å². The zero-order chi connectivity index (χ0) is 13.9. The zero-order valence-corrected chi connectivity index (χ0v) is 11.2. The molecule has 1 aromatic carbocycles. The van der Waals surface area contributed by atoms with E-state index in [1.54, 1.807) is 11.1 Å². The van der Waals surface area contributed by atoms with Crippen LogP contribution >= 0.6 is 0 Å². The molecule has 0 unspecified atom stereocenters. The summed E-state index contributed by atoms with van der Waals surface area (Å²) in [6, 6.07) is 8.26. The minimum Gasteiger partial charge on any atom is -0.382 e. The fraction of sp³-hybridized carbons (Fsp3) is 0.333. The third-order valence-electron chi connectivity index (χ3n) is 3.85. The van der Waals surface area contributed by atoms with Crippen molar-refractivity contribution in [3.63, 3.8) is 0 Å². The van der Waals surface area contributed by atoms with E-state index in [9.17, 15) is 4.79 Å². The quantitative estimate of drug-likeness (QED) is 0.878. The summed E-state index contributed by atoms with van der Waals surface area (Å²) in [6.07, 6.45) is 5.52. The number of nitrogens with two attached hydrogens (primary N) is 1. The van der Waals surface area contributed by atoms with Gasteiger partial charge in [0.05, 0.1) is 0 Å². The van der Waals surface area contributed by atoms with Crippen LogP contribution in [0.5, 0.6) is 0 Å². The van der Waals surface area contributed by atoms with Gasteiger partial charge in [0.15, 0.2) is 0 Å². The van der Waals surface area contributed by atoms with Crippen molar-refractivity contribution >= 4 is 22.5 Å². The molecule has 1 aliphatic heterocycles. The van der Waals surface area contributed by atoms with Crippen LogP contribution in [-0.2, 0) is 0 Å². The maximum Gasteiger partial charge on any atom is 0.314 e. The van der Waals surface area contributed by atoms with Crippen LogP contribution in [0.4, 0.5) is 10.5 Å². The zero-order valence-electron chi connectivity index (χ0n) is 11.2. The SMILES string of the molecule is NC(=O)N1CCC(Nc2cccc3ccncc23)CC1. The van der Waals surface area contributed by atoms with Crippen molar-refractivity contribution in [3.05, 3.63) is 36.7 Å². The van der Waals surface area contributed by atoms with Crippen molar-refractivity contribution < 1.29 is 4.79 Å². The maximum atomic E-state index is 11.1. The molecule has 2 amide bonds. The van der Waals surface area contributed by atoms with Crippen LogP contribution in [0.1, 0.15) is 12.8 Å². The number of pyridine rings is 1. The van der Waals surface area contributed by atoms with Crippen molar-refractivity contribution in [2.45, 2.75) is 18.9 Å². The smallest absolute Gasteiger partial charge is 0.314 e. The van der Waals surface area contributed by atoms with Crippen LogP contribution in [0.2, 0.25) is 0 Å². The minimum atomic E-state index is -0.321. The van der Waals surface area contributed by atoms with Gasteiger partial charge in [0.2, 0.25) is 0 Å². The van der Waals surface area contributed by atoms with Crippen molar-refractivity contribution in [2.75, 3.05) is 18.4 Å². The molecule has 20 heavy (non-hydrogen) atoms. The van der Waals surface area contributed by atoms with E-state index in [0.29, 0.717) is 6.04 Å². The molecule has 0 aliphatic carbocycles. The highest BCUT2D eigenvalue weighted by atomic mass is 16.2. The van der Waals surface area contributed by atoms with Gasteiger partial charge in [-0.2, -0.15) is 0 Å². The Kier molecular flexibility index (Phi) is 3.41. The summed E-state index contributed by atoms with van der Waals surface area (Å²) in [6.45, 7) is 1.44. The predicted octanol–water partition coefficient (Wildman–Crippen LogP) is 2.19. The molecule has 2 heterocycles. The van der Waals surface area contributed by atoms with Gasteiger partial charge in [-0.3, -0.25) is 4.98 Å². The third kappa shape index (κ3) is 2.52. The lowest BCUT2D eigenvalue weighted by atomic mass is 10.0. The third-order valence-corrected chi connectivity index (χ3v) is 3.85. The monoisotopic (exact) mass is 270 g/mol. The number of rotatable bonds is 2. The van der Waals surface area contributed by atoms with Gasteiger partial charge in [0, 0.05) is 42.6 Å². The molecule has 0 saturated carbocycles. The van der Waals surface area contributed by atoms with Crippen molar-refractivity contribution in [2.24, 2.45) is 5.73 Å². The summed E-state index contributed by atoms with van der Waals surface area (Å²) >= 11 is 0. The molecular formula is C15H18N4O. The molecule has 1 aliphatic rings. The van der Waals surface area contributed by atoms with E-state index in [-0.39, 0.29) is 6.03 Å². The summed E-state index contributed by atoms with van der Waals surface area (Å²) in [5, 5.41) is 5.88. The Morgan fingerprint density at radius 3 is 2.85 bits per heavy atom. The number of nitrogens with one attached hydrogen (secondary N) is 1. The number of anilines is 1. The summed E-state index contributed by atoms with van der Waals surface area (Å²) < 4.78 is 0. The van der Waals surface area contributed by atoms with E-state index in [4.69, 9.17) is 5.73 Å². The lowest BCUT2D eigenvalue weighted by Crippen LogP contribution is -2.44. The van der Waals surface area contributed by atoms with Crippen LogP contribution in [0.3, 0.4) is 0 Å². The highest BCUT2D eigenvalue weighted by Crippen LogP contribution is 2.24. The van der Waals surface area contributed by atoms with E-state index in [0.717, 1.165) is 37.0 Å². The first kappa shape index (κ1) is 12.7. The summed E-state index contributed by atoms with van der Waals surface area (Å²) in [4.78, 5) is 17.0. The second kappa shape index (κ2) is 5.36. The van der Waals surface area contributed by atoms with Gasteiger partial charge in [-0.05, 0) is 30.4 Å². The molecule has 0 spiro atoms. The van der Waals surface area contributed by atoms with Crippen LogP contribution < -0.4 is 11.1 Å². The van der Waals surface area contributed by atoms with Gasteiger partial charge in [-0.25, -0.2) is 4.79 Å². The van der Waals surface area contributed by atoms with Crippen LogP contribution in [0.25, 0.3) is 10.8 Å². The van der Waals surface area contributed by atoms with Gasteiger partial charge < -0.3 is 16.0 Å². The van der Waals surface area contributed by atoms with Gasteiger partial charge in [0.1, 0.15) is 0 Å². The molecule has 5 heteroatoms. The Hall–Kier alpha value is -2.30. The van der Waals surface area contributed by atoms with Crippen LogP contribution in [0, 0.1) is 0 Å². The van der Waals surface area contributed by atoms with Gasteiger partial charge in [-0.15, -0.1) is 0 Å². The van der Waals surface area contributed by atoms with E-state index < -0.39 is 0 Å². The first-order chi connectivity index (χ1) is 9.74. The number of likely N-dealkylation sites (tertiary alicyclic amines) is 1. The summed E-state index contributed by atoms with van der Waals surface area (Å²) in [7, 11) is 0. The Labute approximate surface area is 117 Å². The van der Waals surface area contributed by atoms with Crippen molar-refractivity contribution in [1.29, 1.82) is 0 Å². The molecule has 104 valence electrons. The number of amides is 2. The van der Waals surface area contributed by atoms with Crippen LogP contribution in [-0.4, -0.2) is 35.0 Å². The molecular weight excluding hydrogens is 252 g/mol. The number of carbonyl (C=O) groups excluding carboxylic acids is 1. The van der Waals surface area contributed by atoms with Crippen LogP contribution in [0.15, 0.2) is 36.7 Å². The Balaban J connectivity index is 1.73. The Bertz CT molecular complexity index is 615. The number of hydrogen-bond acceptors (Lipinski definition) is 3. The van der Waals surface area contributed by atoms with Crippen molar-refractivity contribution in [3.8, 4) is 0 Å². The molecule has 0 bridgehead atoms. The number of primary amides is 1. The lowest BCUT2D eigenvalue weighted by Gasteiger charge is -2.32. The molecule has 1 saturated heterocycles. The number of aromatic nitrogens is 1. The normalized spacial score (nSPS) is 16.3. The van der Waals surface area contributed by atoms with Gasteiger partial charge >= 0.3 is 6.03 Å². The molecule has 2 aromatic rings. The molecule has 0 radical (unpaired) electrons. The van der Waals surface area contributed by atoms with E-state index in [1.807, 2.05) is 18.3 Å². The summed E-state index contributed by atoms with van der Waals surface area (Å²) in [5.74, 6) is 0. The number of carbonyl (C=O) groups is 1. The van der Waals surface area contributed by atoms with Gasteiger partial charge in [-0.1, -0.05) is 12.1 Å². The number of hydrogen-bond donors (Lipinski definition) is 2. The lowest BCUT2D eigenvalue weighted by molar-refractivity contribution is 0.193. The Morgan fingerprint density at radius 1 is 1.30 bits per heavy atom. The molecule has 0 atom stereocenters. The highest BCUT2D eigenvalue weighted by molar-refractivity contribution is 5.93. The van der Waals surface area contributed by atoms with Gasteiger partial charge in [0.25, 0.3) is 0 Å². The molecule has 5 nitrogen and oxygen atoms in total. The largest absolute Gasteiger partial charge is 0.382 e. The van der Waals surface area contributed by atoms with E-state index in [2.05, 4.69) is 22.4 Å². The number of nitrogens with zero attached hydrogens (tertiary/aromatic N) is 2. The maximum absolute atomic E-state index is 11.1. The predicted molar refractivity (Wildman–Crippen MR) is 79.5 cm³/mol. The molecule has 1 aromatic heterocycles. The van der Waals surface area contributed by atoms with Crippen molar-refractivity contribution in [1.82, 2.24) is 9.88 Å². The standard InChI is InChI=1S/C15H18N4O/c16-15(20)19-8-5-12(6-9-19)18-14-3-1-2-11-4-7-17-10-13(11)14/h1-4,7,10,12,18H,5-6,8-9H2,(H2,16,20). The first-order valence-corrected chi connectivity index (χ1v) is 6.88. The summed E-state index contributed by atoms with van der Waals surface area (Å²) in [5.41, 5.74) is 6.40. The molecule has 3 rings (SSSR count). The number of urea groups is 1. The topological polar surface area (TPSA) is 71.2 Å². The number of fused-ring (bicyclic) bond motifs is 1. The first-order valence-electron chi connectivity index (χ1n) is 6.88. The fourth-order valence-corrected chi connectivity index (χ4v) is 2.70. The average molecular weight is 270 g/mol. The number of benzene rings is 1. The highest BCUT2D eigenvalue weighted by Gasteiger charge is 2.21. The Morgan fingerprint density at radius 2 is 2.10 bits per heavy atom. The average Bonchev–Trinajstić information content (AvgIpc) is 2.48. The molecule has 1 fully saturated rings. The fourth-order valence-electron chi connectivity index (χ4n) is 2.70. The second-order valence-electron chi connectivity index (χ2n) is 5.15.